The third-order valence-electron chi connectivity index (χ3n) is 5.83. The van der Waals surface area contributed by atoms with Crippen LogP contribution in [0.2, 0.25) is 0 Å². The molecule has 0 saturated carbocycles. The van der Waals surface area contributed by atoms with Gasteiger partial charge in [0, 0.05) is 29.1 Å². The maximum Gasteiger partial charge on any atom is 0.274 e. The molecule has 148 valence electrons. The van der Waals surface area contributed by atoms with Crippen molar-refractivity contribution in [2.75, 3.05) is 39.4 Å². The Morgan fingerprint density at radius 2 is 1.93 bits per heavy atom. The Bertz CT molecular complexity index is 930. The maximum absolute atomic E-state index is 13.3. The molecule has 0 aliphatic carbocycles. The highest BCUT2D eigenvalue weighted by molar-refractivity contribution is 7.84. The van der Waals surface area contributed by atoms with Crippen molar-refractivity contribution in [1.82, 2.24) is 20.0 Å². The van der Waals surface area contributed by atoms with Crippen molar-refractivity contribution in [3.05, 3.63) is 35.5 Å². The Morgan fingerprint density at radius 3 is 2.71 bits per heavy atom. The molecule has 0 bridgehead atoms. The number of piperidine rings is 1. The van der Waals surface area contributed by atoms with Gasteiger partial charge in [-0.05, 0) is 32.0 Å². The SMILES string of the molecule is O=C(c1nn(C2CCNCC2)c2c1CS(=O)c1ccccc1-2)N1CCOCC1. The predicted molar refractivity (Wildman–Crippen MR) is 106 cm³/mol. The molecule has 2 aromatic rings. The second-order valence-corrected chi connectivity index (χ2v) is 8.91. The first kappa shape index (κ1) is 18.0. The molecule has 2 fully saturated rings. The Kier molecular flexibility index (Phi) is 4.78. The first-order valence-corrected chi connectivity index (χ1v) is 11.2. The molecule has 7 nitrogen and oxygen atoms in total. The van der Waals surface area contributed by atoms with E-state index in [1.165, 1.54) is 0 Å². The monoisotopic (exact) mass is 400 g/mol. The molecule has 3 aliphatic heterocycles. The molecular formula is C20H24N4O3S. The average molecular weight is 401 g/mol. The van der Waals surface area contributed by atoms with Gasteiger partial charge in [-0.15, -0.1) is 0 Å². The van der Waals surface area contributed by atoms with Crippen LogP contribution in [0.25, 0.3) is 11.3 Å². The van der Waals surface area contributed by atoms with Gasteiger partial charge in [-0.1, -0.05) is 18.2 Å². The van der Waals surface area contributed by atoms with Gasteiger partial charge in [0.15, 0.2) is 5.69 Å². The lowest BCUT2D eigenvalue weighted by Gasteiger charge is -2.26. The molecular weight excluding hydrogens is 376 g/mol. The van der Waals surface area contributed by atoms with Crippen LogP contribution in [0.5, 0.6) is 0 Å². The predicted octanol–water partition coefficient (Wildman–Crippen LogP) is 1.57. The molecule has 1 N–H and O–H groups in total. The third-order valence-corrected chi connectivity index (χ3v) is 7.22. The number of ether oxygens (including phenoxy) is 1. The molecule has 1 amide bonds. The highest BCUT2D eigenvalue weighted by Crippen LogP contribution is 2.40. The van der Waals surface area contributed by atoms with Crippen molar-refractivity contribution in [2.45, 2.75) is 29.5 Å². The molecule has 1 atom stereocenters. The largest absolute Gasteiger partial charge is 0.378 e. The molecule has 2 saturated heterocycles. The summed E-state index contributed by atoms with van der Waals surface area (Å²) in [5.74, 6) is 0.284. The zero-order valence-corrected chi connectivity index (χ0v) is 16.5. The topological polar surface area (TPSA) is 76.5 Å². The van der Waals surface area contributed by atoms with E-state index in [2.05, 4.69) is 10.00 Å². The molecule has 0 radical (unpaired) electrons. The summed E-state index contributed by atoms with van der Waals surface area (Å²) >= 11 is 0. The number of carbonyl (C=O) groups is 1. The van der Waals surface area contributed by atoms with Crippen molar-refractivity contribution in [1.29, 1.82) is 0 Å². The van der Waals surface area contributed by atoms with Crippen LogP contribution in [0.4, 0.5) is 0 Å². The van der Waals surface area contributed by atoms with Crippen LogP contribution < -0.4 is 5.32 Å². The van der Waals surface area contributed by atoms with Gasteiger partial charge in [0.05, 0.1) is 41.5 Å². The Labute approximate surface area is 166 Å². The zero-order valence-electron chi connectivity index (χ0n) is 15.7. The van der Waals surface area contributed by atoms with Gasteiger partial charge in [0.25, 0.3) is 5.91 Å². The summed E-state index contributed by atoms with van der Waals surface area (Å²) in [4.78, 5) is 15.9. The molecule has 8 heteroatoms. The fraction of sp³-hybridized carbons (Fsp3) is 0.500. The van der Waals surface area contributed by atoms with E-state index in [-0.39, 0.29) is 11.9 Å². The minimum atomic E-state index is -1.16. The smallest absolute Gasteiger partial charge is 0.274 e. The minimum Gasteiger partial charge on any atom is -0.378 e. The molecule has 0 spiro atoms. The second-order valence-electron chi connectivity index (χ2n) is 7.49. The van der Waals surface area contributed by atoms with Gasteiger partial charge < -0.3 is 15.0 Å². The van der Waals surface area contributed by atoms with Gasteiger partial charge in [-0.25, -0.2) is 0 Å². The van der Waals surface area contributed by atoms with Crippen molar-refractivity contribution in [3.8, 4) is 11.3 Å². The number of benzene rings is 1. The summed E-state index contributed by atoms with van der Waals surface area (Å²) in [5, 5.41) is 8.24. The third kappa shape index (κ3) is 3.00. The maximum atomic E-state index is 13.3. The van der Waals surface area contributed by atoms with Crippen LogP contribution in [0.1, 0.15) is 34.9 Å². The number of nitrogens with one attached hydrogen (secondary N) is 1. The summed E-state index contributed by atoms with van der Waals surface area (Å²) in [6, 6.07) is 8.08. The number of aromatic nitrogens is 2. The van der Waals surface area contributed by atoms with Crippen LogP contribution in [0, 0.1) is 0 Å². The lowest BCUT2D eigenvalue weighted by Crippen LogP contribution is -2.41. The van der Waals surface area contributed by atoms with Crippen molar-refractivity contribution in [2.24, 2.45) is 0 Å². The summed E-state index contributed by atoms with van der Waals surface area (Å²) in [6.45, 7) is 4.15. The van der Waals surface area contributed by atoms with E-state index in [0.29, 0.717) is 37.8 Å². The molecule has 1 aromatic carbocycles. The quantitative estimate of drug-likeness (QED) is 0.828. The summed E-state index contributed by atoms with van der Waals surface area (Å²) in [5.41, 5.74) is 3.25. The number of rotatable bonds is 2. The zero-order chi connectivity index (χ0) is 19.1. The number of fused-ring (bicyclic) bond motifs is 3. The fourth-order valence-electron chi connectivity index (χ4n) is 4.36. The van der Waals surface area contributed by atoms with E-state index in [9.17, 15) is 9.00 Å². The van der Waals surface area contributed by atoms with Gasteiger partial charge in [0.1, 0.15) is 0 Å². The van der Waals surface area contributed by atoms with Crippen LogP contribution in [0.15, 0.2) is 29.2 Å². The van der Waals surface area contributed by atoms with E-state index < -0.39 is 10.8 Å². The lowest BCUT2D eigenvalue weighted by molar-refractivity contribution is 0.0297. The van der Waals surface area contributed by atoms with Gasteiger partial charge >= 0.3 is 0 Å². The van der Waals surface area contributed by atoms with Crippen molar-refractivity contribution in [3.63, 3.8) is 0 Å². The highest BCUT2D eigenvalue weighted by Gasteiger charge is 2.35. The number of carbonyl (C=O) groups excluding carboxylic acids is 1. The minimum absolute atomic E-state index is 0.0661. The van der Waals surface area contributed by atoms with Crippen molar-refractivity contribution < 1.29 is 13.7 Å². The number of morpholine rings is 1. The Hall–Kier alpha value is -2.03. The van der Waals surface area contributed by atoms with E-state index >= 15 is 0 Å². The summed E-state index contributed by atoms with van der Waals surface area (Å²) in [7, 11) is -1.16. The molecule has 28 heavy (non-hydrogen) atoms. The summed E-state index contributed by atoms with van der Waals surface area (Å²) < 4.78 is 20.3. The highest BCUT2D eigenvalue weighted by atomic mass is 32.2. The van der Waals surface area contributed by atoms with Crippen molar-refractivity contribution >= 4 is 16.7 Å². The Morgan fingerprint density at radius 1 is 1.18 bits per heavy atom. The normalized spacial score (nSPS) is 22.6. The molecule has 5 rings (SSSR count). The average Bonchev–Trinajstić information content (AvgIpc) is 3.14. The molecule has 1 unspecified atom stereocenters. The van der Waals surface area contributed by atoms with Crippen LogP contribution in [-0.2, 0) is 21.3 Å². The van der Waals surface area contributed by atoms with E-state index in [1.54, 1.807) is 0 Å². The van der Waals surface area contributed by atoms with Gasteiger partial charge in [-0.3, -0.25) is 13.7 Å². The van der Waals surface area contributed by atoms with E-state index in [1.807, 2.05) is 29.2 Å². The number of nitrogens with zero attached hydrogens (tertiary/aromatic N) is 3. The number of hydrogen-bond donors (Lipinski definition) is 1. The molecule has 3 aliphatic rings. The first-order valence-electron chi connectivity index (χ1n) is 9.91. The van der Waals surface area contributed by atoms with E-state index in [4.69, 9.17) is 9.84 Å². The Balaban J connectivity index is 1.64. The second kappa shape index (κ2) is 7.42. The standard InChI is InChI=1S/C20H24N4O3S/c25-20(23-9-11-27-12-10-23)18-16-13-28(26)17-4-2-1-3-15(17)19(16)24(22-18)14-5-7-21-8-6-14/h1-4,14,21H,5-13H2. The van der Waals surface area contributed by atoms with Gasteiger partial charge in [0.2, 0.25) is 0 Å². The van der Waals surface area contributed by atoms with E-state index in [0.717, 1.165) is 47.6 Å². The van der Waals surface area contributed by atoms with Gasteiger partial charge in [-0.2, -0.15) is 5.10 Å². The molecule has 1 aromatic heterocycles. The number of amides is 1. The van der Waals surface area contributed by atoms with Crippen LogP contribution in [0.3, 0.4) is 0 Å². The lowest BCUT2D eigenvalue weighted by atomic mass is 10.0. The first-order chi connectivity index (χ1) is 13.7. The fourth-order valence-corrected chi connectivity index (χ4v) is 5.70. The van der Waals surface area contributed by atoms with Crippen LogP contribution >= 0.6 is 0 Å². The molecule has 4 heterocycles. The summed E-state index contributed by atoms with van der Waals surface area (Å²) in [6.07, 6.45) is 1.95. The number of hydrogen-bond acceptors (Lipinski definition) is 5. The van der Waals surface area contributed by atoms with Crippen LogP contribution in [-0.4, -0.2) is 64.2 Å².